The smallest absolute Gasteiger partial charge is 0.153 e. The first-order chi connectivity index (χ1) is 17.0. The van der Waals surface area contributed by atoms with Crippen LogP contribution in [0, 0.1) is 0 Å². The Morgan fingerprint density at radius 3 is 2.60 bits per heavy atom. The molecule has 186 valence electrons. The number of aromatic nitrogens is 2. The summed E-state index contributed by atoms with van der Waals surface area (Å²) in [5.74, 6) is 3.92. The average molecular weight is 497 g/mol. The summed E-state index contributed by atoms with van der Waals surface area (Å²) in [5.41, 5.74) is 4.60. The Morgan fingerprint density at radius 1 is 1.03 bits per heavy atom. The molecule has 1 atom stereocenters. The van der Waals surface area contributed by atoms with Gasteiger partial charge in [0.1, 0.15) is 30.3 Å². The molecule has 10 heteroatoms. The van der Waals surface area contributed by atoms with Gasteiger partial charge in [-0.1, -0.05) is 6.07 Å². The van der Waals surface area contributed by atoms with Crippen LogP contribution in [0.2, 0.25) is 0 Å². The molecular weight excluding hydrogens is 464 g/mol. The van der Waals surface area contributed by atoms with Crippen LogP contribution in [0.1, 0.15) is 47.8 Å². The summed E-state index contributed by atoms with van der Waals surface area (Å²) in [6.07, 6.45) is 5.25. The molecule has 4 aliphatic heterocycles. The highest BCUT2D eigenvalue weighted by Crippen LogP contribution is 2.50. The molecule has 2 aromatic rings. The highest BCUT2D eigenvalue weighted by Gasteiger charge is 2.37. The first kappa shape index (κ1) is 21.8. The number of ether oxygens (including phenoxy) is 1. The Bertz CT molecular complexity index is 1240. The van der Waals surface area contributed by atoms with Crippen LogP contribution in [-0.4, -0.2) is 80.1 Å². The molecule has 4 fully saturated rings. The lowest BCUT2D eigenvalue weighted by Crippen LogP contribution is -2.51. The SMILES string of the molecule is O=S1(=O)CCN(c2ncnc3c2COc2c(cc(C4CN([C@@H]5CCNC5)C4)cc2C2CC2)N3)CC1. The lowest BCUT2D eigenvalue weighted by atomic mass is 9.87. The summed E-state index contributed by atoms with van der Waals surface area (Å²) in [4.78, 5) is 13.8. The summed E-state index contributed by atoms with van der Waals surface area (Å²) in [6, 6.07) is 5.34. The van der Waals surface area contributed by atoms with E-state index in [9.17, 15) is 8.42 Å². The third-order valence-electron chi connectivity index (χ3n) is 8.27. The van der Waals surface area contributed by atoms with Crippen LogP contribution in [-0.2, 0) is 16.4 Å². The van der Waals surface area contributed by atoms with Gasteiger partial charge >= 0.3 is 0 Å². The van der Waals surface area contributed by atoms with E-state index in [1.54, 1.807) is 6.33 Å². The number of nitrogens with one attached hydrogen (secondary N) is 2. The topological polar surface area (TPSA) is 99.7 Å². The van der Waals surface area contributed by atoms with Crippen LogP contribution >= 0.6 is 0 Å². The molecule has 5 aliphatic rings. The van der Waals surface area contributed by atoms with E-state index < -0.39 is 9.84 Å². The van der Waals surface area contributed by atoms with Crippen molar-refractivity contribution < 1.29 is 13.2 Å². The molecule has 0 unspecified atom stereocenters. The average Bonchev–Trinajstić information content (AvgIpc) is 3.56. The van der Waals surface area contributed by atoms with E-state index in [0.717, 1.165) is 54.8 Å². The van der Waals surface area contributed by atoms with Crippen LogP contribution < -0.4 is 20.3 Å². The molecule has 0 radical (unpaired) electrons. The molecule has 0 spiro atoms. The Morgan fingerprint density at radius 2 is 1.86 bits per heavy atom. The number of nitrogens with zero attached hydrogens (tertiary/aromatic N) is 4. The number of fused-ring (bicyclic) bond motifs is 2. The summed E-state index contributed by atoms with van der Waals surface area (Å²) in [6.45, 7) is 5.76. The van der Waals surface area contributed by atoms with Gasteiger partial charge in [0.2, 0.25) is 0 Å². The van der Waals surface area contributed by atoms with Gasteiger partial charge in [0.05, 0.1) is 22.8 Å². The molecule has 0 bridgehead atoms. The van der Waals surface area contributed by atoms with Crippen LogP contribution in [0.15, 0.2) is 18.5 Å². The molecule has 1 aliphatic carbocycles. The predicted octanol–water partition coefficient (Wildman–Crippen LogP) is 1.99. The molecule has 9 nitrogen and oxygen atoms in total. The van der Waals surface area contributed by atoms with Crippen molar-refractivity contribution in [1.82, 2.24) is 20.2 Å². The quantitative estimate of drug-likeness (QED) is 0.658. The van der Waals surface area contributed by atoms with Gasteiger partial charge in [-0.15, -0.1) is 0 Å². The number of likely N-dealkylation sites (tertiary alicyclic amines) is 1. The fourth-order valence-electron chi connectivity index (χ4n) is 5.95. The van der Waals surface area contributed by atoms with Gasteiger partial charge in [0.15, 0.2) is 9.84 Å². The van der Waals surface area contributed by atoms with Crippen LogP contribution in [0.25, 0.3) is 0 Å². The zero-order valence-electron chi connectivity index (χ0n) is 19.9. The standard InChI is InChI=1S/C25H32N6O3S/c32-35(33)7-5-30(6-8-35)25-21-14-34-23-20(16-1-2-16)9-17(10-22(23)29-24(21)27-15-28-25)18-12-31(13-18)19-3-4-26-11-19/h9-10,15-16,18-19,26H,1-8,11-14H2,(H,27,28,29)/t19-/m1/s1. The third kappa shape index (κ3) is 4.05. The number of hydrogen-bond acceptors (Lipinski definition) is 9. The second-order valence-electron chi connectivity index (χ2n) is 10.6. The molecule has 35 heavy (non-hydrogen) atoms. The first-order valence-corrected chi connectivity index (χ1v) is 14.7. The highest BCUT2D eigenvalue weighted by molar-refractivity contribution is 7.91. The largest absolute Gasteiger partial charge is 0.486 e. The van der Waals surface area contributed by atoms with Crippen LogP contribution in [0.3, 0.4) is 0 Å². The predicted molar refractivity (Wildman–Crippen MR) is 135 cm³/mol. The summed E-state index contributed by atoms with van der Waals surface area (Å²) in [7, 11) is -2.96. The van der Waals surface area contributed by atoms with Crippen molar-refractivity contribution in [2.75, 3.05) is 61.0 Å². The maximum absolute atomic E-state index is 11.9. The van der Waals surface area contributed by atoms with E-state index in [2.05, 4.69) is 42.5 Å². The van der Waals surface area contributed by atoms with Crippen molar-refractivity contribution in [3.8, 4) is 5.75 Å². The maximum Gasteiger partial charge on any atom is 0.153 e. The number of benzene rings is 1. The van der Waals surface area contributed by atoms with Crippen LogP contribution in [0.4, 0.5) is 17.3 Å². The number of hydrogen-bond donors (Lipinski definition) is 2. The van der Waals surface area contributed by atoms with Gasteiger partial charge in [0, 0.05) is 44.7 Å². The molecule has 7 rings (SSSR count). The molecule has 1 aromatic heterocycles. The zero-order chi connectivity index (χ0) is 23.6. The number of rotatable bonds is 4. The second kappa shape index (κ2) is 8.31. The van der Waals surface area contributed by atoms with Crippen molar-refractivity contribution in [2.45, 2.75) is 43.7 Å². The Kier molecular flexibility index (Phi) is 5.18. The van der Waals surface area contributed by atoms with E-state index in [-0.39, 0.29) is 11.5 Å². The molecule has 1 aromatic carbocycles. The van der Waals surface area contributed by atoms with Crippen molar-refractivity contribution in [3.63, 3.8) is 0 Å². The zero-order valence-corrected chi connectivity index (χ0v) is 20.7. The van der Waals surface area contributed by atoms with Crippen molar-refractivity contribution in [2.24, 2.45) is 0 Å². The van der Waals surface area contributed by atoms with Crippen molar-refractivity contribution in [1.29, 1.82) is 0 Å². The van der Waals surface area contributed by atoms with E-state index >= 15 is 0 Å². The van der Waals surface area contributed by atoms with Gasteiger partial charge in [0.25, 0.3) is 0 Å². The molecule has 1 saturated carbocycles. The van der Waals surface area contributed by atoms with Gasteiger partial charge in [-0.25, -0.2) is 18.4 Å². The van der Waals surface area contributed by atoms with Crippen molar-refractivity contribution in [3.05, 3.63) is 35.2 Å². The fourth-order valence-corrected chi connectivity index (χ4v) is 7.15. The van der Waals surface area contributed by atoms with Gasteiger partial charge in [-0.2, -0.15) is 0 Å². The highest BCUT2D eigenvalue weighted by atomic mass is 32.2. The number of anilines is 3. The normalized spacial score (nSPS) is 26.2. The molecule has 5 heterocycles. The molecule has 0 amide bonds. The van der Waals surface area contributed by atoms with Gasteiger partial charge in [-0.3, -0.25) is 4.90 Å². The Hall–Kier alpha value is -2.43. The summed E-state index contributed by atoms with van der Waals surface area (Å²) < 4.78 is 30.3. The molecule has 3 saturated heterocycles. The first-order valence-electron chi connectivity index (χ1n) is 12.9. The summed E-state index contributed by atoms with van der Waals surface area (Å²) >= 11 is 0. The van der Waals surface area contributed by atoms with E-state index in [1.165, 1.54) is 30.4 Å². The number of sulfone groups is 1. The Labute approximate surface area is 206 Å². The summed E-state index contributed by atoms with van der Waals surface area (Å²) in [5, 5.41) is 7.07. The minimum atomic E-state index is -2.96. The molecular formula is C25H32N6O3S. The monoisotopic (exact) mass is 496 g/mol. The minimum Gasteiger partial charge on any atom is -0.486 e. The van der Waals surface area contributed by atoms with E-state index in [1.807, 2.05) is 0 Å². The second-order valence-corrected chi connectivity index (χ2v) is 12.9. The minimum absolute atomic E-state index is 0.158. The molecule has 2 N–H and O–H groups in total. The van der Waals surface area contributed by atoms with E-state index in [0.29, 0.717) is 37.6 Å². The van der Waals surface area contributed by atoms with Gasteiger partial charge in [-0.05, 0) is 48.9 Å². The third-order valence-corrected chi connectivity index (χ3v) is 9.88. The van der Waals surface area contributed by atoms with Gasteiger partial charge < -0.3 is 20.3 Å². The van der Waals surface area contributed by atoms with Crippen molar-refractivity contribution >= 4 is 27.2 Å². The lowest BCUT2D eigenvalue weighted by molar-refractivity contribution is 0.101. The Balaban J connectivity index is 1.18. The van der Waals surface area contributed by atoms with E-state index in [4.69, 9.17) is 4.74 Å². The fraction of sp³-hybridized carbons (Fsp3) is 0.600. The van der Waals surface area contributed by atoms with Crippen LogP contribution in [0.5, 0.6) is 5.75 Å². The maximum atomic E-state index is 11.9. The lowest BCUT2D eigenvalue weighted by Gasteiger charge is -2.43.